The standard InChI is InChI=1S/C10H14O.Mg.2H2O/c1-7(2)9-5-4-8(3)10(11)6-9;;;/h4-7,11H,1-3H3;;2*1H2/q;+2;;/p-2. The van der Waals surface area contributed by atoms with Crippen LogP contribution in [0.25, 0.3) is 0 Å². The van der Waals surface area contributed by atoms with Gasteiger partial charge in [0.15, 0.2) is 0 Å². The molecule has 14 heavy (non-hydrogen) atoms. The first kappa shape index (κ1) is 19.3. The van der Waals surface area contributed by atoms with Crippen LogP contribution < -0.4 is 0 Å². The Morgan fingerprint density at radius 2 is 1.64 bits per heavy atom. The molecule has 0 aromatic heterocycles. The summed E-state index contributed by atoms with van der Waals surface area (Å²) in [4.78, 5) is 0. The normalized spacial score (nSPS) is 8.29. The number of rotatable bonds is 1. The van der Waals surface area contributed by atoms with E-state index in [0.29, 0.717) is 11.7 Å². The predicted molar refractivity (Wildman–Crippen MR) is 56.6 cm³/mol. The van der Waals surface area contributed by atoms with E-state index in [4.69, 9.17) is 0 Å². The van der Waals surface area contributed by atoms with Gasteiger partial charge in [-0.1, -0.05) is 26.0 Å². The van der Waals surface area contributed by atoms with Gasteiger partial charge < -0.3 is 16.1 Å². The van der Waals surface area contributed by atoms with E-state index < -0.39 is 0 Å². The van der Waals surface area contributed by atoms with Crippen LogP contribution in [0.5, 0.6) is 5.75 Å². The second-order valence-corrected chi connectivity index (χ2v) is 3.20. The average Bonchev–Trinajstić information content (AvgIpc) is 1.94. The summed E-state index contributed by atoms with van der Waals surface area (Å²) >= 11 is 0. The SMILES string of the molecule is Cc1ccc(C(C)C)cc1O.[Mg+2].[OH-].[OH-]. The van der Waals surface area contributed by atoms with E-state index in [1.807, 2.05) is 19.1 Å². The molecule has 0 amide bonds. The smallest absolute Gasteiger partial charge is 0.870 e. The number of phenols is 1. The molecule has 0 saturated carbocycles. The summed E-state index contributed by atoms with van der Waals surface area (Å²) in [6.45, 7) is 6.13. The minimum Gasteiger partial charge on any atom is -0.870 e. The average molecular weight is 209 g/mol. The molecule has 0 heterocycles. The van der Waals surface area contributed by atoms with Crippen LogP contribution in [-0.2, 0) is 0 Å². The van der Waals surface area contributed by atoms with E-state index in [1.165, 1.54) is 5.56 Å². The number of benzene rings is 1. The van der Waals surface area contributed by atoms with Gasteiger partial charge in [-0.15, -0.1) is 0 Å². The third kappa shape index (κ3) is 4.81. The quantitative estimate of drug-likeness (QED) is 0.718. The van der Waals surface area contributed by atoms with Crippen LogP contribution in [0.1, 0.15) is 30.9 Å². The van der Waals surface area contributed by atoms with Gasteiger partial charge in [-0.25, -0.2) is 0 Å². The molecule has 1 rings (SSSR count). The predicted octanol–water partition coefficient (Wildman–Crippen LogP) is 2.09. The summed E-state index contributed by atoms with van der Waals surface area (Å²) in [7, 11) is 0. The Morgan fingerprint density at radius 1 is 1.14 bits per heavy atom. The maximum Gasteiger partial charge on any atom is 2.00 e. The summed E-state index contributed by atoms with van der Waals surface area (Å²) in [5.41, 5.74) is 2.13. The van der Waals surface area contributed by atoms with Gasteiger partial charge in [0.05, 0.1) is 0 Å². The van der Waals surface area contributed by atoms with Crippen LogP contribution >= 0.6 is 0 Å². The summed E-state index contributed by atoms with van der Waals surface area (Å²) in [6.07, 6.45) is 0. The third-order valence-corrected chi connectivity index (χ3v) is 1.90. The van der Waals surface area contributed by atoms with Gasteiger partial charge in [-0.05, 0) is 30.0 Å². The molecule has 3 N–H and O–H groups in total. The van der Waals surface area contributed by atoms with Crippen molar-refractivity contribution < 1.29 is 16.1 Å². The van der Waals surface area contributed by atoms with Crippen LogP contribution in [0, 0.1) is 6.92 Å². The van der Waals surface area contributed by atoms with Crippen molar-refractivity contribution in [1.82, 2.24) is 0 Å². The molecule has 0 spiro atoms. The molecule has 3 nitrogen and oxygen atoms in total. The molecular weight excluding hydrogens is 192 g/mol. The van der Waals surface area contributed by atoms with Crippen LogP contribution in [0.3, 0.4) is 0 Å². The van der Waals surface area contributed by atoms with Crippen LogP contribution in [0.2, 0.25) is 0 Å². The Kier molecular flexibility index (Phi) is 11.1. The van der Waals surface area contributed by atoms with Crippen LogP contribution in [-0.4, -0.2) is 39.1 Å². The van der Waals surface area contributed by atoms with Crippen molar-refractivity contribution in [2.75, 3.05) is 0 Å². The van der Waals surface area contributed by atoms with E-state index in [-0.39, 0.29) is 34.0 Å². The Bertz CT molecular complexity index is 262. The maximum absolute atomic E-state index is 9.35. The molecule has 0 aliphatic rings. The molecule has 4 heteroatoms. The minimum absolute atomic E-state index is 0. The molecular formula is C10H16MgO3. The molecule has 76 valence electrons. The summed E-state index contributed by atoms with van der Waals surface area (Å²) in [5, 5.41) is 9.35. The summed E-state index contributed by atoms with van der Waals surface area (Å²) in [5.74, 6) is 0.887. The van der Waals surface area contributed by atoms with Crippen molar-refractivity contribution in [1.29, 1.82) is 0 Å². The van der Waals surface area contributed by atoms with Crippen molar-refractivity contribution in [3.05, 3.63) is 29.3 Å². The zero-order valence-corrected chi connectivity index (χ0v) is 10.3. The van der Waals surface area contributed by atoms with Crippen molar-refractivity contribution >= 4 is 23.1 Å². The molecule has 1 aromatic rings. The Balaban J connectivity index is -0.000000403. The fourth-order valence-electron chi connectivity index (χ4n) is 0.986. The molecule has 0 bridgehead atoms. The van der Waals surface area contributed by atoms with Crippen molar-refractivity contribution in [3.8, 4) is 5.75 Å². The van der Waals surface area contributed by atoms with Gasteiger partial charge >= 0.3 is 23.1 Å². The van der Waals surface area contributed by atoms with E-state index in [2.05, 4.69) is 19.9 Å². The fourth-order valence-corrected chi connectivity index (χ4v) is 0.986. The van der Waals surface area contributed by atoms with Crippen molar-refractivity contribution in [3.63, 3.8) is 0 Å². The van der Waals surface area contributed by atoms with E-state index >= 15 is 0 Å². The molecule has 0 aliphatic heterocycles. The minimum atomic E-state index is 0. The Hall–Kier alpha value is -0.294. The number of aromatic hydroxyl groups is 1. The van der Waals surface area contributed by atoms with Crippen LogP contribution in [0.15, 0.2) is 18.2 Å². The number of hydrogen-bond donors (Lipinski definition) is 1. The third-order valence-electron chi connectivity index (χ3n) is 1.90. The van der Waals surface area contributed by atoms with E-state index in [0.717, 1.165) is 5.56 Å². The topological polar surface area (TPSA) is 80.2 Å². The van der Waals surface area contributed by atoms with Gasteiger partial charge in [-0.3, -0.25) is 0 Å². The first-order valence-electron chi connectivity index (χ1n) is 3.91. The van der Waals surface area contributed by atoms with E-state index in [1.54, 1.807) is 0 Å². The maximum atomic E-state index is 9.35. The van der Waals surface area contributed by atoms with Gasteiger partial charge in [0.2, 0.25) is 0 Å². The Labute approximate surface area is 101 Å². The summed E-state index contributed by atoms with van der Waals surface area (Å²) < 4.78 is 0. The zero-order chi connectivity index (χ0) is 8.43. The summed E-state index contributed by atoms with van der Waals surface area (Å²) in [6, 6.07) is 5.84. The monoisotopic (exact) mass is 208 g/mol. The molecule has 0 aliphatic carbocycles. The molecule has 0 radical (unpaired) electrons. The fraction of sp³-hybridized carbons (Fsp3) is 0.400. The number of aryl methyl sites for hydroxylation is 1. The van der Waals surface area contributed by atoms with Gasteiger partial charge in [0, 0.05) is 0 Å². The van der Waals surface area contributed by atoms with Crippen molar-refractivity contribution in [2.45, 2.75) is 26.7 Å². The van der Waals surface area contributed by atoms with Gasteiger partial charge in [-0.2, -0.15) is 0 Å². The molecule has 1 aromatic carbocycles. The zero-order valence-electron chi connectivity index (χ0n) is 8.86. The number of hydrogen-bond acceptors (Lipinski definition) is 3. The second-order valence-electron chi connectivity index (χ2n) is 3.20. The van der Waals surface area contributed by atoms with Gasteiger partial charge in [0.1, 0.15) is 5.75 Å². The molecule has 0 atom stereocenters. The van der Waals surface area contributed by atoms with Crippen molar-refractivity contribution in [2.24, 2.45) is 0 Å². The molecule has 0 fully saturated rings. The molecule has 0 saturated heterocycles. The van der Waals surface area contributed by atoms with Gasteiger partial charge in [0.25, 0.3) is 0 Å². The Morgan fingerprint density at radius 3 is 2.00 bits per heavy atom. The second kappa shape index (κ2) is 8.05. The molecule has 0 unspecified atom stereocenters. The van der Waals surface area contributed by atoms with Crippen LogP contribution in [0.4, 0.5) is 0 Å². The van der Waals surface area contributed by atoms with E-state index in [9.17, 15) is 5.11 Å². The first-order valence-corrected chi connectivity index (χ1v) is 3.91. The number of phenolic OH excluding ortho intramolecular Hbond substituents is 1. The first-order chi connectivity index (χ1) is 5.11. The largest absolute Gasteiger partial charge is 2.00 e.